The quantitative estimate of drug-likeness (QED) is 0.439. The Bertz CT molecular complexity index is 850. The van der Waals surface area contributed by atoms with Gasteiger partial charge in [0.25, 0.3) is 0 Å². The topological polar surface area (TPSA) is 92.6 Å². The Balaban J connectivity index is 1.76. The minimum absolute atomic E-state index is 0.453. The largest absolute Gasteiger partial charge is 0.444 e. The summed E-state index contributed by atoms with van der Waals surface area (Å²) in [6.45, 7) is 12.2. The number of rotatable bonds is 8. The van der Waals surface area contributed by atoms with Crippen molar-refractivity contribution in [2.45, 2.75) is 59.7 Å². The van der Waals surface area contributed by atoms with E-state index in [9.17, 15) is 4.79 Å². The number of carbonyl (C=O) groups is 1. The molecule has 3 N–H and O–H groups in total. The first-order valence-electron chi connectivity index (χ1n) is 10.7. The van der Waals surface area contributed by atoms with Crippen LogP contribution in [0.1, 0.15) is 46.0 Å². The van der Waals surface area contributed by atoms with Gasteiger partial charge in [0.05, 0.1) is 6.54 Å². The van der Waals surface area contributed by atoms with Crippen LogP contribution in [0.3, 0.4) is 0 Å². The molecule has 0 aliphatic heterocycles. The molecule has 1 aromatic carbocycles. The fourth-order valence-corrected chi connectivity index (χ4v) is 2.95. The predicted molar refractivity (Wildman–Crippen MR) is 125 cm³/mol. The Kier molecular flexibility index (Phi) is 8.90. The van der Waals surface area contributed by atoms with Crippen molar-refractivity contribution in [3.05, 3.63) is 48.0 Å². The van der Waals surface area contributed by atoms with Crippen LogP contribution in [0, 0.1) is 5.92 Å². The third-order valence-electron chi connectivity index (χ3n) is 4.31. The number of ether oxygens (including phenoxy) is 1. The van der Waals surface area contributed by atoms with Crippen molar-refractivity contribution >= 4 is 17.7 Å². The molecule has 0 saturated carbocycles. The SMILES string of the molecule is CN=C(NCCc1ccc(NC(=O)OC(C)(C)C)cc1)NCc1nccn1CC(C)C. The van der Waals surface area contributed by atoms with E-state index >= 15 is 0 Å². The van der Waals surface area contributed by atoms with Crippen LogP contribution in [0.2, 0.25) is 0 Å². The minimum atomic E-state index is -0.518. The second kappa shape index (κ2) is 11.4. The molecule has 0 fully saturated rings. The van der Waals surface area contributed by atoms with Crippen LogP contribution >= 0.6 is 0 Å². The first-order valence-corrected chi connectivity index (χ1v) is 10.7. The van der Waals surface area contributed by atoms with E-state index in [1.165, 1.54) is 0 Å². The molecular weight excluding hydrogens is 392 g/mol. The van der Waals surface area contributed by atoms with Crippen LogP contribution in [-0.2, 0) is 24.2 Å². The molecule has 1 amide bonds. The lowest BCUT2D eigenvalue weighted by atomic mass is 10.1. The lowest BCUT2D eigenvalue weighted by Crippen LogP contribution is -2.38. The van der Waals surface area contributed by atoms with Gasteiger partial charge in [0.2, 0.25) is 0 Å². The number of hydrogen-bond donors (Lipinski definition) is 3. The van der Waals surface area contributed by atoms with Crippen molar-refractivity contribution in [3.63, 3.8) is 0 Å². The number of hydrogen-bond acceptors (Lipinski definition) is 4. The van der Waals surface area contributed by atoms with E-state index in [0.717, 1.165) is 36.9 Å². The summed E-state index contributed by atoms with van der Waals surface area (Å²) in [6, 6.07) is 7.74. The van der Waals surface area contributed by atoms with E-state index in [4.69, 9.17) is 4.74 Å². The molecule has 1 heterocycles. The smallest absolute Gasteiger partial charge is 0.412 e. The third kappa shape index (κ3) is 9.11. The summed E-state index contributed by atoms with van der Waals surface area (Å²) >= 11 is 0. The predicted octanol–water partition coefficient (Wildman–Crippen LogP) is 3.79. The van der Waals surface area contributed by atoms with E-state index < -0.39 is 11.7 Å². The molecule has 0 aliphatic carbocycles. The molecule has 170 valence electrons. The molecule has 0 saturated heterocycles. The molecule has 1 aromatic heterocycles. The minimum Gasteiger partial charge on any atom is -0.444 e. The van der Waals surface area contributed by atoms with Gasteiger partial charge in [-0.2, -0.15) is 0 Å². The van der Waals surface area contributed by atoms with E-state index in [1.54, 1.807) is 7.05 Å². The lowest BCUT2D eigenvalue weighted by molar-refractivity contribution is 0.0636. The summed E-state index contributed by atoms with van der Waals surface area (Å²) in [4.78, 5) is 20.6. The number of carbonyl (C=O) groups excluding carboxylic acids is 1. The van der Waals surface area contributed by atoms with Gasteiger partial charge >= 0.3 is 6.09 Å². The van der Waals surface area contributed by atoms with Crippen LogP contribution < -0.4 is 16.0 Å². The summed E-state index contributed by atoms with van der Waals surface area (Å²) in [7, 11) is 1.76. The molecule has 0 unspecified atom stereocenters. The summed E-state index contributed by atoms with van der Waals surface area (Å²) in [5.74, 6) is 2.29. The number of aliphatic imine (C=N–C) groups is 1. The zero-order valence-corrected chi connectivity index (χ0v) is 19.5. The van der Waals surface area contributed by atoms with Crippen molar-refractivity contribution in [1.29, 1.82) is 0 Å². The van der Waals surface area contributed by atoms with Gasteiger partial charge in [-0.25, -0.2) is 9.78 Å². The number of amides is 1. The highest BCUT2D eigenvalue weighted by Gasteiger charge is 2.16. The molecular formula is C23H36N6O2. The summed E-state index contributed by atoms with van der Waals surface area (Å²) < 4.78 is 7.43. The highest BCUT2D eigenvalue weighted by atomic mass is 16.6. The molecule has 0 atom stereocenters. The summed E-state index contributed by atoms with van der Waals surface area (Å²) in [5.41, 5.74) is 1.35. The molecule has 8 nitrogen and oxygen atoms in total. The third-order valence-corrected chi connectivity index (χ3v) is 4.31. The first kappa shape index (κ1) is 24.2. The summed E-state index contributed by atoms with van der Waals surface area (Å²) in [6.07, 6.45) is 4.21. The number of imidazole rings is 1. The van der Waals surface area contributed by atoms with Crippen molar-refractivity contribution in [2.75, 3.05) is 18.9 Å². The van der Waals surface area contributed by atoms with E-state index in [2.05, 4.69) is 44.3 Å². The van der Waals surface area contributed by atoms with Crippen molar-refractivity contribution in [1.82, 2.24) is 20.2 Å². The van der Waals surface area contributed by atoms with Crippen molar-refractivity contribution in [3.8, 4) is 0 Å². The highest BCUT2D eigenvalue weighted by molar-refractivity contribution is 5.84. The Morgan fingerprint density at radius 3 is 2.52 bits per heavy atom. The number of guanidine groups is 1. The monoisotopic (exact) mass is 428 g/mol. The first-order chi connectivity index (χ1) is 14.7. The Labute approximate surface area is 185 Å². The van der Waals surface area contributed by atoms with Gasteiger partial charge in [-0.3, -0.25) is 10.3 Å². The number of benzene rings is 1. The van der Waals surface area contributed by atoms with E-state index in [1.807, 2.05) is 57.4 Å². The second-order valence-electron chi connectivity index (χ2n) is 8.82. The van der Waals surface area contributed by atoms with Gasteiger partial charge in [0.15, 0.2) is 5.96 Å². The van der Waals surface area contributed by atoms with Gasteiger partial charge in [-0.05, 0) is 50.8 Å². The van der Waals surface area contributed by atoms with Gasteiger partial charge < -0.3 is 19.9 Å². The zero-order valence-electron chi connectivity index (χ0n) is 19.5. The van der Waals surface area contributed by atoms with Gasteiger partial charge in [-0.15, -0.1) is 0 Å². The van der Waals surface area contributed by atoms with Gasteiger partial charge in [0, 0.05) is 38.2 Å². The number of aromatic nitrogens is 2. The molecule has 2 rings (SSSR count). The normalized spacial score (nSPS) is 12.0. The average molecular weight is 429 g/mol. The van der Waals surface area contributed by atoms with Gasteiger partial charge in [-0.1, -0.05) is 26.0 Å². The fraction of sp³-hybridized carbons (Fsp3) is 0.522. The Hall–Kier alpha value is -3.03. The molecule has 0 bridgehead atoms. The maximum Gasteiger partial charge on any atom is 0.412 e. The van der Waals surface area contributed by atoms with Crippen LogP contribution in [-0.4, -0.2) is 40.8 Å². The molecule has 0 radical (unpaired) electrons. The second-order valence-corrected chi connectivity index (χ2v) is 8.82. The fourth-order valence-electron chi connectivity index (χ4n) is 2.95. The van der Waals surface area contributed by atoms with Crippen LogP contribution in [0.25, 0.3) is 0 Å². The molecule has 0 spiro atoms. The standard InChI is InChI=1S/C23H36N6O2/c1-17(2)16-29-14-13-25-20(29)15-27-21(24-6)26-12-11-18-7-9-19(10-8-18)28-22(30)31-23(3,4)5/h7-10,13-14,17H,11-12,15-16H2,1-6H3,(H,28,30)(H2,24,26,27). The molecule has 0 aliphatic rings. The van der Waals surface area contributed by atoms with Gasteiger partial charge in [0.1, 0.15) is 11.4 Å². The Morgan fingerprint density at radius 2 is 1.90 bits per heavy atom. The lowest BCUT2D eigenvalue weighted by Gasteiger charge is -2.19. The van der Waals surface area contributed by atoms with Crippen LogP contribution in [0.4, 0.5) is 10.5 Å². The zero-order chi connectivity index (χ0) is 22.9. The van der Waals surface area contributed by atoms with Crippen LogP contribution in [0.5, 0.6) is 0 Å². The van der Waals surface area contributed by atoms with Crippen molar-refractivity contribution < 1.29 is 9.53 Å². The van der Waals surface area contributed by atoms with E-state index in [-0.39, 0.29) is 0 Å². The van der Waals surface area contributed by atoms with E-state index in [0.29, 0.717) is 18.2 Å². The van der Waals surface area contributed by atoms with Crippen LogP contribution in [0.15, 0.2) is 41.7 Å². The number of nitrogens with one attached hydrogen (secondary N) is 3. The number of anilines is 1. The number of nitrogens with zero attached hydrogens (tertiary/aromatic N) is 3. The molecule has 2 aromatic rings. The summed E-state index contributed by atoms with van der Waals surface area (Å²) in [5, 5.41) is 9.38. The maximum atomic E-state index is 11.8. The highest BCUT2D eigenvalue weighted by Crippen LogP contribution is 2.13. The molecule has 31 heavy (non-hydrogen) atoms. The average Bonchev–Trinajstić information content (AvgIpc) is 3.10. The molecule has 8 heteroatoms. The maximum absolute atomic E-state index is 11.8. The Morgan fingerprint density at radius 1 is 1.19 bits per heavy atom. The van der Waals surface area contributed by atoms with Crippen molar-refractivity contribution in [2.24, 2.45) is 10.9 Å².